The van der Waals surface area contributed by atoms with E-state index in [9.17, 15) is 4.79 Å². The van der Waals surface area contributed by atoms with E-state index in [4.69, 9.17) is 11.6 Å². The molecule has 3 nitrogen and oxygen atoms in total. The highest BCUT2D eigenvalue weighted by Crippen LogP contribution is 2.39. The van der Waals surface area contributed by atoms with Crippen molar-refractivity contribution in [1.82, 2.24) is 4.98 Å². The monoisotopic (exact) mass is 306 g/mol. The number of aromatic nitrogens is 1. The van der Waals surface area contributed by atoms with Crippen LogP contribution in [0.1, 0.15) is 18.2 Å². The van der Waals surface area contributed by atoms with Gasteiger partial charge in [-0.25, -0.2) is 4.98 Å². The molecular formula is C15H15ClN2OS. The highest BCUT2D eigenvalue weighted by Gasteiger charge is 2.39. The maximum atomic E-state index is 11.9. The maximum Gasteiger partial charge on any atom is 0.229 e. The van der Waals surface area contributed by atoms with Crippen molar-refractivity contribution in [3.05, 3.63) is 34.2 Å². The lowest BCUT2D eigenvalue weighted by molar-refractivity contribution is -0.117. The Bertz CT molecular complexity index is 650. The smallest absolute Gasteiger partial charge is 0.229 e. The van der Waals surface area contributed by atoms with Crippen LogP contribution < -0.4 is 5.32 Å². The Morgan fingerprint density at radius 1 is 1.40 bits per heavy atom. The number of nitrogens with zero attached hydrogens (tertiary/aromatic N) is 1. The third-order valence-corrected chi connectivity index (χ3v) is 4.73. The summed E-state index contributed by atoms with van der Waals surface area (Å²) in [5.74, 6) is 0.763. The molecule has 0 bridgehead atoms. The summed E-state index contributed by atoms with van der Waals surface area (Å²) in [5.41, 5.74) is 1.93. The average molecular weight is 307 g/mol. The molecule has 1 heterocycles. The summed E-state index contributed by atoms with van der Waals surface area (Å²) in [6.07, 6.45) is 0.986. The lowest BCUT2D eigenvalue weighted by Crippen LogP contribution is -2.14. The molecule has 0 radical (unpaired) electrons. The first kappa shape index (κ1) is 13.6. The summed E-state index contributed by atoms with van der Waals surface area (Å²) < 4.78 is 0. The van der Waals surface area contributed by atoms with E-state index in [1.165, 1.54) is 11.3 Å². The van der Waals surface area contributed by atoms with E-state index in [0.29, 0.717) is 16.1 Å². The molecule has 1 amide bonds. The molecule has 5 heteroatoms. The Hall–Kier alpha value is -1.39. The number of rotatable bonds is 3. The molecular weight excluding hydrogens is 292 g/mol. The van der Waals surface area contributed by atoms with Gasteiger partial charge in [-0.2, -0.15) is 0 Å². The number of benzene rings is 1. The van der Waals surface area contributed by atoms with E-state index in [1.807, 2.05) is 31.2 Å². The van der Waals surface area contributed by atoms with Crippen LogP contribution in [0.5, 0.6) is 0 Å². The lowest BCUT2D eigenvalue weighted by Gasteiger charge is -1.99. The molecule has 3 rings (SSSR count). The zero-order valence-corrected chi connectivity index (χ0v) is 12.9. The van der Waals surface area contributed by atoms with Crippen LogP contribution >= 0.6 is 22.9 Å². The normalized spacial score (nSPS) is 20.8. The molecule has 0 spiro atoms. The molecule has 0 aliphatic heterocycles. The van der Waals surface area contributed by atoms with Gasteiger partial charge in [0.1, 0.15) is 0 Å². The van der Waals surface area contributed by atoms with E-state index in [2.05, 4.69) is 17.2 Å². The second kappa shape index (κ2) is 5.19. The van der Waals surface area contributed by atoms with Gasteiger partial charge in [0.25, 0.3) is 0 Å². The van der Waals surface area contributed by atoms with Gasteiger partial charge in [-0.15, -0.1) is 11.3 Å². The molecule has 20 heavy (non-hydrogen) atoms. The second-order valence-electron chi connectivity index (χ2n) is 5.24. The van der Waals surface area contributed by atoms with E-state index in [0.717, 1.165) is 22.6 Å². The fraction of sp³-hybridized carbons (Fsp3) is 0.333. The number of thiazole rings is 1. The number of hydrogen-bond donors (Lipinski definition) is 1. The Balaban J connectivity index is 1.80. The highest BCUT2D eigenvalue weighted by atomic mass is 35.5. The summed E-state index contributed by atoms with van der Waals surface area (Å²) in [6, 6.07) is 7.58. The van der Waals surface area contributed by atoms with Crippen molar-refractivity contribution < 1.29 is 4.79 Å². The third kappa shape index (κ3) is 2.72. The molecule has 104 valence electrons. The largest absolute Gasteiger partial charge is 0.302 e. The minimum Gasteiger partial charge on any atom is -0.302 e. The standard InChI is InChI=1S/C15H15ClN2OS/c1-8-7-12(8)14(19)18-15-17-13(9(2)20-15)10-3-5-11(16)6-4-10/h3-6,8,12H,7H2,1-2H3,(H,17,18,19). The van der Waals surface area contributed by atoms with Crippen molar-refractivity contribution in [3.8, 4) is 11.3 Å². The minimum atomic E-state index is 0.0916. The van der Waals surface area contributed by atoms with Gasteiger partial charge in [-0.1, -0.05) is 30.7 Å². The van der Waals surface area contributed by atoms with Gasteiger partial charge in [-0.05, 0) is 31.4 Å². The first-order chi connectivity index (χ1) is 9.54. The summed E-state index contributed by atoms with van der Waals surface area (Å²) in [7, 11) is 0. The van der Waals surface area contributed by atoms with Crippen molar-refractivity contribution in [2.24, 2.45) is 11.8 Å². The molecule has 1 aliphatic rings. The molecule has 1 aromatic heterocycles. The number of amides is 1. The predicted molar refractivity (Wildman–Crippen MR) is 83.2 cm³/mol. The van der Waals surface area contributed by atoms with E-state index in [-0.39, 0.29) is 11.8 Å². The quantitative estimate of drug-likeness (QED) is 0.915. The van der Waals surface area contributed by atoms with Crippen molar-refractivity contribution >= 4 is 34.0 Å². The fourth-order valence-electron chi connectivity index (χ4n) is 2.21. The average Bonchev–Trinajstić information content (AvgIpc) is 3.03. The second-order valence-corrected chi connectivity index (χ2v) is 6.88. The highest BCUT2D eigenvalue weighted by molar-refractivity contribution is 7.16. The maximum absolute atomic E-state index is 11.9. The number of halogens is 1. The molecule has 2 unspecified atom stereocenters. The van der Waals surface area contributed by atoms with E-state index in [1.54, 1.807) is 0 Å². The third-order valence-electron chi connectivity index (χ3n) is 3.59. The molecule has 1 aromatic carbocycles. The van der Waals surface area contributed by atoms with Crippen LogP contribution in [0.15, 0.2) is 24.3 Å². The van der Waals surface area contributed by atoms with Crippen molar-refractivity contribution in [2.45, 2.75) is 20.3 Å². The van der Waals surface area contributed by atoms with Crippen LogP contribution in [0.25, 0.3) is 11.3 Å². The van der Waals surface area contributed by atoms with Gasteiger partial charge >= 0.3 is 0 Å². The van der Waals surface area contributed by atoms with Gasteiger partial charge in [0.2, 0.25) is 5.91 Å². The summed E-state index contributed by atoms with van der Waals surface area (Å²) in [4.78, 5) is 17.5. The van der Waals surface area contributed by atoms with Crippen molar-refractivity contribution in [2.75, 3.05) is 5.32 Å². The molecule has 2 atom stereocenters. The van der Waals surface area contributed by atoms with Gasteiger partial charge < -0.3 is 5.32 Å². The van der Waals surface area contributed by atoms with Gasteiger partial charge in [0, 0.05) is 21.4 Å². The number of hydrogen-bond acceptors (Lipinski definition) is 3. The Kier molecular flexibility index (Phi) is 3.52. The Morgan fingerprint density at radius 2 is 2.05 bits per heavy atom. The summed E-state index contributed by atoms with van der Waals surface area (Å²) in [5, 5.41) is 4.30. The lowest BCUT2D eigenvalue weighted by atomic mass is 10.1. The van der Waals surface area contributed by atoms with Crippen molar-refractivity contribution in [3.63, 3.8) is 0 Å². The molecule has 1 saturated carbocycles. The molecule has 0 saturated heterocycles. The van der Waals surface area contributed by atoms with E-state index >= 15 is 0 Å². The molecule has 1 N–H and O–H groups in total. The molecule has 1 aliphatic carbocycles. The van der Waals surface area contributed by atoms with Gasteiger partial charge in [-0.3, -0.25) is 4.79 Å². The zero-order valence-electron chi connectivity index (χ0n) is 11.3. The van der Waals surface area contributed by atoms with Crippen LogP contribution in [-0.2, 0) is 4.79 Å². The van der Waals surface area contributed by atoms with Crippen molar-refractivity contribution in [1.29, 1.82) is 0 Å². The van der Waals surface area contributed by atoms with Crippen LogP contribution in [0.4, 0.5) is 5.13 Å². The number of anilines is 1. The minimum absolute atomic E-state index is 0.0916. The first-order valence-corrected chi connectivity index (χ1v) is 7.78. The number of carbonyl (C=O) groups excluding carboxylic acids is 1. The fourth-order valence-corrected chi connectivity index (χ4v) is 3.18. The number of nitrogens with one attached hydrogen (secondary N) is 1. The van der Waals surface area contributed by atoms with E-state index < -0.39 is 0 Å². The molecule has 2 aromatic rings. The van der Waals surface area contributed by atoms with Crippen LogP contribution in [-0.4, -0.2) is 10.9 Å². The Labute approximate surface area is 127 Å². The zero-order chi connectivity index (χ0) is 14.3. The summed E-state index contributed by atoms with van der Waals surface area (Å²) in [6.45, 7) is 4.10. The van der Waals surface area contributed by atoms with Crippen LogP contribution in [0, 0.1) is 18.8 Å². The number of carbonyl (C=O) groups is 1. The first-order valence-electron chi connectivity index (χ1n) is 6.59. The van der Waals surface area contributed by atoms with Crippen LogP contribution in [0.3, 0.4) is 0 Å². The SMILES string of the molecule is Cc1sc(NC(=O)C2CC2C)nc1-c1ccc(Cl)cc1. The molecule has 1 fully saturated rings. The Morgan fingerprint density at radius 3 is 2.65 bits per heavy atom. The predicted octanol–water partition coefficient (Wildman–Crippen LogP) is 4.37. The topological polar surface area (TPSA) is 42.0 Å². The number of aryl methyl sites for hydroxylation is 1. The summed E-state index contributed by atoms with van der Waals surface area (Å²) >= 11 is 7.41. The van der Waals surface area contributed by atoms with Gasteiger partial charge in [0.05, 0.1) is 5.69 Å². The van der Waals surface area contributed by atoms with Crippen LogP contribution in [0.2, 0.25) is 5.02 Å². The van der Waals surface area contributed by atoms with Gasteiger partial charge in [0.15, 0.2) is 5.13 Å².